The van der Waals surface area contributed by atoms with Crippen LogP contribution in [0.1, 0.15) is 15.6 Å². The summed E-state index contributed by atoms with van der Waals surface area (Å²) >= 11 is 1.59. The molecule has 0 aliphatic rings. The van der Waals surface area contributed by atoms with Crippen LogP contribution >= 0.6 is 11.3 Å². The molecule has 0 unspecified atom stereocenters. The molecule has 0 aliphatic heterocycles. The second-order valence-corrected chi connectivity index (χ2v) is 4.94. The number of benzene rings is 1. The summed E-state index contributed by atoms with van der Waals surface area (Å²) < 4.78 is 1.04. The average Bonchev–Trinajstić information content (AvgIpc) is 2.95. The Bertz CT molecular complexity index is 703. The number of aromatic amines is 1. The van der Waals surface area contributed by atoms with Crippen LogP contribution in [0.15, 0.2) is 24.5 Å². The van der Waals surface area contributed by atoms with Crippen LogP contribution in [-0.4, -0.2) is 26.1 Å². The summed E-state index contributed by atoms with van der Waals surface area (Å²) in [6, 6.07) is 5.60. The largest absolute Gasteiger partial charge is 0.319 e. The van der Waals surface area contributed by atoms with Gasteiger partial charge in [0.05, 0.1) is 15.2 Å². The van der Waals surface area contributed by atoms with E-state index in [1.807, 2.05) is 25.1 Å². The standard InChI is InChI=1S/C11H9N5OS/c1-6-14-8-3-2-7(4-9(8)18-6)15-11(17)10-12-5-13-16-10/h2-5H,1H3,(H,15,17)(H,12,13,16). The van der Waals surface area contributed by atoms with E-state index in [2.05, 4.69) is 25.5 Å². The van der Waals surface area contributed by atoms with Crippen LogP contribution in [0.5, 0.6) is 0 Å². The van der Waals surface area contributed by atoms with E-state index in [1.54, 1.807) is 11.3 Å². The smallest absolute Gasteiger partial charge is 0.292 e. The number of nitrogens with one attached hydrogen (secondary N) is 2. The zero-order valence-electron chi connectivity index (χ0n) is 9.47. The fraction of sp³-hybridized carbons (Fsp3) is 0.0909. The highest BCUT2D eigenvalue weighted by molar-refractivity contribution is 7.18. The number of nitrogens with zero attached hydrogens (tertiary/aromatic N) is 3. The Morgan fingerprint density at radius 3 is 3.11 bits per heavy atom. The van der Waals surface area contributed by atoms with Gasteiger partial charge in [0.25, 0.3) is 5.91 Å². The van der Waals surface area contributed by atoms with Gasteiger partial charge in [-0.15, -0.1) is 11.3 Å². The summed E-state index contributed by atoms with van der Waals surface area (Å²) in [6.07, 6.45) is 1.30. The molecule has 0 radical (unpaired) electrons. The summed E-state index contributed by atoms with van der Waals surface area (Å²) in [5, 5.41) is 9.90. The molecular weight excluding hydrogens is 250 g/mol. The molecule has 0 saturated carbocycles. The predicted molar refractivity (Wildman–Crippen MR) is 68.7 cm³/mol. The molecule has 2 N–H and O–H groups in total. The predicted octanol–water partition coefficient (Wildman–Crippen LogP) is 1.98. The minimum atomic E-state index is -0.312. The minimum Gasteiger partial charge on any atom is -0.319 e. The van der Waals surface area contributed by atoms with Crippen LogP contribution in [0.4, 0.5) is 5.69 Å². The lowest BCUT2D eigenvalue weighted by atomic mass is 10.3. The first-order chi connectivity index (χ1) is 8.72. The van der Waals surface area contributed by atoms with E-state index in [-0.39, 0.29) is 11.7 Å². The van der Waals surface area contributed by atoms with Crippen molar-refractivity contribution in [3.05, 3.63) is 35.4 Å². The van der Waals surface area contributed by atoms with Crippen molar-refractivity contribution in [3.8, 4) is 0 Å². The van der Waals surface area contributed by atoms with Gasteiger partial charge in [0, 0.05) is 5.69 Å². The van der Waals surface area contributed by atoms with Crippen LogP contribution in [0.2, 0.25) is 0 Å². The fourth-order valence-electron chi connectivity index (χ4n) is 1.62. The van der Waals surface area contributed by atoms with Gasteiger partial charge in [-0.3, -0.25) is 9.89 Å². The Balaban J connectivity index is 1.88. The first kappa shape index (κ1) is 10.8. The number of rotatable bonds is 2. The van der Waals surface area contributed by atoms with E-state index in [4.69, 9.17) is 0 Å². The second kappa shape index (κ2) is 4.19. The van der Waals surface area contributed by atoms with Gasteiger partial charge < -0.3 is 5.32 Å². The van der Waals surface area contributed by atoms with Gasteiger partial charge in [-0.2, -0.15) is 5.10 Å². The van der Waals surface area contributed by atoms with Gasteiger partial charge in [0.2, 0.25) is 5.82 Å². The number of hydrogen-bond donors (Lipinski definition) is 2. The first-order valence-corrected chi connectivity index (χ1v) is 6.08. The molecule has 0 saturated heterocycles. The molecule has 18 heavy (non-hydrogen) atoms. The number of amides is 1. The van der Waals surface area contributed by atoms with Crippen molar-refractivity contribution in [3.63, 3.8) is 0 Å². The molecule has 3 aromatic rings. The highest BCUT2D eigenvalue weighted by Crippen LogP contribution is 2.24. The Hall–Kier alpha value is -2.28. The molecule has 90 valence electrons. The number of hydrogen-bond acceptors (Lipinski definition) is 5. The third-order valence-electron chi connectivity index (χ3n) is 2.38. The van der Waals surface area contributed by atoms with Crippen LogP contribution in [-0.2, 0) is 0 Å². The molecule has 1 amide bonds. The van der Waals surface area contributed by atoms with Gasteiger partial charge in [-0.1, -0.05) is 0 Å². The van der Waals surface area contributed by atoms with Crippen LogP contribution in [0.3, 0.4) is 0 Å². The minimum absolute atomic E-state index is 0.190. The lowest BCUT2D eigenvalue weighted by Crippen LogP contribution is -2.13. The average molecular weight is 259 g/mol. The number of thiazole rings is 1. The van der Waals surface area contributed by atoms with E-state index < -0.39 is 0 Å². The van der Waals surface area contributed by atoms with E-state index in [0.29, 0.717) is 5.69 Å². The number of carbonyl (C=O) groups excluding carboxylic acids is 1. The van der Waals surface area contributed by atoms with Crippen molar-refractivity contribution in [2.24, 2.45) is 0 Å². The molecule has 7 heteroatoms. The lowest BCUT2D eigenvalue weighted by Gasteiger charge is -2.02. The van der Waals surface area contributed by atoms with Crippen molar-refractivity contribution in [2.75, 3.05) is 5.32 Å². The molecule has 0 spiro atoms. The molecular formula is C11H9N5OS. The molecule has 2 heterocycles. The maximum atomic E-state index is 11.8. The number of aryl methyl sites for hydroxylation is 1. The third kappa shape index (κ3) is 1.95. The topological polar surface area (TPSA) is 83.6 Å². The van der Waals surface area contributed by atoms with Crippen molar-refractivity contribution in [2.45, 2.75) is 6.92 Å². The molecule has 2 aromatic heterocycles. The SMILES string of the molecule is Cc1nc2ccc(NC(=O)c3ncn[nH]3)cc2s1. The summed E-state index contributed by atoms with van der Waals surface area (Å²) in [7, 11) is 0. The quantitative estimate of drug-likeness (QED) is 0.737. The number of aromatic nitrogens is 4. The molecule has 3 rings (SSSR count). The second-order valence-electron chi connectivity index (χ2n) is 3.70. The molecule has 1 aromatic carbocycles. The maximum absolute atomic E-state index is 11.8. The van der Waals surface area contributed by atoms with E-state index in [0.717, 1.165) is 15.2 Å². The van der Waals surface area contributed by atoms with Crippen molar-refractivity contribution >= 4 is 33.1 Å². The van der Waals surface area contributed by atoms with E-state index >= 15 is 0 Å². The zero-order chi connectivity index (χ0) is 12.5. The molecule has 0 fully saturated rings. The van der Waals surface area contributed by atoms with Gasteiger partial charge >= 0.3 is 0 Å². The summed E-state index contributed by atoms with van der Waals surface area (Å²) in [5.74, 6) is -0.122. The Kier molecular flexibility index (Phi) is 2.52. The number of anilines is 1. The van der Waals surface area contributed by atoms with Crippen molar-refractivity contribution < 1.29 is 4.79 Å². The highest BCUT2D eigenvalue weighted by atomic mass is 32.1. The lowest BCUT2D eigenvalue weighted by molar-refractivity contribution is 0.101. The Labute approximate surface area is 106 Å². The molecule has 0 bridgehead atoms. The van der Waals surface area contributed by atoms with E-state index in [1.165, 1.54) is 6.33 Å². The zero-order valence-corrected chi connectivity index (χ0v) is 10.3. The number of carbonyl (C=O) groups is 1. The maximum Gasteiger partial charge on any atom is 0.292 e. The summed E-state index contributed by atoms with van der Waals surface area (Å²) in [5.41, 5.74) is 1.66. The fourth-order valence-corrected chi connectivity index (χ4v) is 2.49. The first-order valence-electron chi connectivity index (χ1n) is 5.26. The van der Waals surface area contributed by atoms with Crippen LogP contribution < -0.4 is 5.32 Å². The third-order valence-corrected chi connectivity index (χ3v) is 3.32. The van der Waals surface area contributed by atoms with Gasteiger partial charge in [0.15, 0.2) is 0 Å². The van der Waals surface area contributed by atoms with Gasteiger partial charge in [-0.05, 0) is 25.1 Å². The molecule has 6 nitrogen and oxygen atoms in total. The highest BCUT2D eigenvalue weighted by Gasteiger charge is 2.09. The van der Waals surface area contributed by atoms with Crippen LogP contribution in [0.25, 0.3) is 10.2 Å². The van der Waals surface area contributed by atoms with Crippen LogP contribution in [0, 0.1) is 6.92 Å². The number of fused-ring (bicyclic) bond motifs is 1. The number of H-pyrrole nitrogens is 1. The molecule has 0 atom stereocenters. The van der Waals surface area contributed by atoms with E-state index in [9.17, 15) is 4.79 Å². The molecule has 0 aliphatic carbocycles. The Morgan fingerprint density at radius 2 is 2.33 bits per heavy atom. The van der Waals surface area contributed by atoms with Gasteiger partial charge in [0.1, 0.15) is 6.33 Å². The van der Waals surface area contributed by atoms with Crippen molar-refractivity contribution in [1.82, 2.24) is 20.2 Å². The summed E-state index contributed by atoms with van der Waals surface area (Å²) in [6.45, 7) is 1.96. The summed E-state index contributed by atoms with van der Waals surface area (Å²) in [4.78, 5) is 19.9. The van der Waals surface area contributed by atoms with Crippen molar-refractivity contribution in [1.29, 1.82) is 0 Å². The normalized spacial score (nSPS) is 10.7. The monoisotopic (exact) mass is 259 g/mol. The Morgan fingerprint density at radius 1 is 1.44 bits per heavy atom. The van der Waals surface area contributed by atoms with Gasteiger partial charge in [-0.25, -0.2) is 9.97 Å².